The summed E-state index contributed by atoms with van der Waals surface area (Å²) in [7, 11) is -0.496. The summed E-state index contributed by atoms with van der Waals surface area (Å²) in [5, 5.41) is 4.32. The number of para-hydroxylation sites is 1. The van der Waals surface area contributed by atoms with Gasteiger partial charge in [0.15, 0.2) is 0 Å². The van der Waals surface area contributed by atoms with Crippen molar-refractivity contribution in [3.8, 4) is 0 Å². The summed E-state index contributed by atoms with van der Waals surface area (Å²) < 4.78 is 19.1. The fourth-order valence-electron chi connectivity index (χ4n) is 6.94. The number of fused-ring (bicyclic) bond motifs is 1. The molecule has 3 N–H and O–H groups in total. The number of amides is 1. The van der Waals surface area contributed by atoms with Crippen LogP contribution >= 0.6 is 0 Å². The maximum absolute atomic E-state index is 13.1. The van der Waals surface area contributed by atoms with E-state index >= 15 is 0 Å². The highest BCUT2D eigenvalue weighted by molar-refractivity contribution is 6.48. The van der Waals surface area contributed by atoms with Gasteiger partial charge in [0.25, 0.3) is 0 Å². The molecule has 188 valence electrons. The third-order valence-electron chi connectivity index (χ3n) is 9.27. The van der Waals surface area contributed by atoms with Crippen molar-refractivity contribution in [3.63, 3.8) is 0 Å². The fourth-order valence-corrected chi connectivity index (χ4v) is 6.94. The third-order valence-corrected chi connectivity index (χ3v) is 9.27. The lowest BCUT2D eigenvalue weighted by Gasteiger charge is -2.64. The Kier molecular flexibility index (Phi) is 5.69. The first-order chi connectivity index (χ1) is 17.2. The maximum atomic E-state index is 13.1. The van der Waals surface area contributed by atoms with Crippen LogP contribution in [0, 0.1) is 17.3 Å². The number of hydrogen-bond donors (Lipinski definition) is 2. The number of carbonyl (C=O) groups is 1. The van der Waals surface area contributed by atoms with E-state index in [4.69, 9.17) is 19.5 Å². The molecule has 7 heteroatoms. The van der Waals surface area contributed by atoms with Crippen LogP contribution in [0.1, 0.15) is 51.2 Å². The summed E-state index contributed by atoms with van der Waals surface area (Å²) in [5.41, 5.74) is 9.44. The van der Waals surface area contributed by atoms with E-state index in [1.54, 1.807) is 6.26 Å². The van der Waals surface area contributed by atoms with Gasteiger partial charge in [0.05, 0.1) is 23.9 Å². The highest BCUT2D eigenvalue weighted by Gasteiger charge is 2.68. The Bertz CT molecular complexity index is 1270. The van der Waals surface area contributed by atoms with E-state index in [0.29, 0.717) is 31.1 Å². The van der Waals surface area contributed by atoms with Gasteiger partial charge < -0.3 is 24.8 Å². The number of rotatable bonds is 7. The van der Waals surface area contributed by atoms with Gasteiger partial charge in [-0.05, 0) is 79.2 Å². The van der Waals surface area contributed by atoms with Gasteiger partial charge in [0.2, 0.25) is 5.91 Å². The Hall–Kier alpha value is -2.77. The number of carbonyl (C=O) groups excluding carboxylic acids is 1. The second-order valence-corrected chi connectivity index (χ2v) is 11.7. The lowest BCUT2D eigenvalue weighted by Crippen LogP contribution is -2.65. The molecule has 3 unspecified atom stereocenters. The van der Waals surface area contributed by atoms with Crippen LogP contribution in [0.4, 0.5) is 5.69 Å². The number of nitrogen functional groups attached to an aromatic ring is 1. The van der Waals surface area contributed by atoms with Gasteiger partial charge in [-0.15, -0.1) is 0 Å². The molecule has 4 fully saturated rings. The fraction of sp³-hybridized carbons (Fsp3) is 0.483. The van der Waals surface area contributed by atoms with Crippen molar-refractivity contribution in [1.29, 1.82) is 0 Å². The molecule has 3 aliphatic carbocycles. The zero-order valence-corrected chi connectivity index (χ0v) is 21.3. The van der Waals surface area contributed by atoms with Crippen LogP contribution in [0.15, 0.2) is 59.2 Å². The van der Waals surface area contributed by atoms with Crippen LogP contribution in [0.5, 0.6) is 0 Å². The summed E-state index contributed by atoms with van der Waals surface area (Å²) in [6.07, 6.45) is 5.69. The molecule has 4 aliphatic rings. The average molecular weight is 486 g/mol. The maximum Gasteiger partial charge on any atom is 0.482 e. The van der Waals surface area contributed by atoms with Crippen LogP contribution in [-0.4, -0.2) is 30.7 Å². The quantitative estimate of drug-likeness (QED) is 0.365. The van der Waals surface area contributed by atoms with E-state index in [-0.39, 0.29) is 29.0 Å². The highest BCUT2D eigenvalue weighted by atomic mass is 16.7. The molecule has 0 radical (unpaired) electrons. The van der Waals surface area contributed by atoms with Crippen LogP contribution in [0.2, 0.25) is 0 Å². The second kappa shape index (κ2) is 8.67. The summed E-state index contributed by atoms with van der Waals surface area (Å²) >= 11 is 0. The number of furan rings is 1. The summed E-state index contributed by atoms with van der Waals surface area (Å²) in [5.74, 6) is 0.818. The van der Waals surface area contributed by atoms with E-state index in [0.717, 1.165) is 34.2 Å². The predicted octanol–water partition coefficient (Wildman–Crippen LogP) is 4.94. The lowest BCUT2D eigenvalue weighted by molar-refractivity contribution is -0.199. The van der Waals surface area contributed by atoms with Crippen LogP contribution in [0.25, 0.3) is 11.0 Å². The van der Waals surface area contributed by atoms with Crippen LogP contribution < -0.4 is 11.1 Å². The van der Waals surface area contributed by atoms with E-state index in [1.807, 2.05) is 42.5 Å². The molecule has 36 heavy (non-hydrogen) atoms. The van der Waals surface area contributed by atoms with Gasteiger partial charge in [0, 0.05) is 17.5 Å². The largest absolute Gasteiger partial charge is 0.482 e. The van der Waals surface area contributed by atoms with Crippen molar-refractivity contribution in [2.75, 3.05) is 5.73 Å². The monoisotopic (exact) mass is 486 g/mol. The molecule has 6 nitrogen and oxygen atoms in total. The molecule has 7 rings (SSSR count). The number of anilines is 1. The van der Waals surface area contributed by atoms with E-state index in [1.165, 1.54) is 6.42 Å². The average Bonchev–Trinajstić information content (AvgIpc) is 3.43. The number of aryl methyl sites for hydroxylation is 1. The lowest BCUT2D eigenvalue weighted by atomic mass is 9.43. The molecule has 1 saturated heterocycles. The Balaban J connectivity index is 1.21. The Labute approximate surface area is 213 Å². The Morgan fingerprint density at radius 2 is 1.92 bits per heavy atom. The minimum Gasteiger partial charge on any atom is -0.464 e. The minimum atomic E-state index is -0.496. The first-order valence-corrected chi connectivity index (χ1v) is 13.2. The zero-order chi connectivity index (χ0) is 25.1. The number of nitrogens with two attached hydrogens (primary N) is 1. The second-order valence-electron chi connectivity index (χ2n) is 11.7. The van der Waals surface area contributed by atoms with Gasteiger partial charge >= 0.3 is 7.12 Å². The van der Waals surface area contributed by atoms with E-state index < -0.39 is 7.12 Å². The smallest absolute Gasteiger partial charge is 0.464 e. The van der Waals surface area contributed by atoms with Crippen LogP contribution in [-0.2, 0) is 26.9 Å². The first-order valence-electron chi connectivity index (χ1n) is 13.2. The normalized spacial score (nSPS) is 29.0. The van der Waals surface area contributed by atoms with E-state index in [2.05, 4.69) is 32.2 Å². The number of nitrogens with one attached hydrogen (secondary N) is 1. The van der Waals surface area contributed by atoms with Crippen molar-refractivity contribution < 1.29 is 18.5 Å². The van der Waals surface area contributed by atoms with Gasteiger partial charge in [-0.2, -0.15) is 0 Å². The van der Waals surface area contributed by atoms with Gasteiger partial charge in [0.1, 0.15) is 5.58 Å². The van der Waals surface area contributed by atoms with Crippen LogP contribution in [0.3, 0.4) is 0 Å². The standard InChI is InChI=1S/C29H35BN2O4/c1-28(2)20-15-24(28)29(3)25(16-20)35-30(36-29)26(14-19-17-34-23-7-5-4-6-22(19)23)32-27(33)13-10-18-8-11-21(31)12-9-18/h4-9,11-12,17,20,24-26H,10,13-16,31H2,1-3H3,(H,32,33)/t20-,24?,25?,26?,29-/m0/s1. The summed E-state index contributed by atoms with van der Waals surface area (Å²) in [6.45, 7) is 6.93. The van der Waals surface area contributed by atoms with Gasteiger partial charge in [-0.25, -0.2) is 0 Å². The third kappa shape index (κ3) is 3.93. The minimum absolute atomic E-state index is 0.0125. The number of hydrogen-bond acceptors (Lipinski definition) is 5. The van der Waals surface area contributed by atoms with Gasteiger partial charge in [-0.1, -0.05) is 44.2 Å². The van der Waals surface area contributed by atoms with Crippen molar-refractivity contribution >= 4 is 29.7 Å². The molecule has 3 aromatic rings. The molecule has 2 aromatic carbocycles. The molecule has 1 aromatic heterocycles. The number of benzene rings is 2. The van der Waals surface area contributed by atoms with Crippen molar-refractivity contribution in [2.45, 2.75) is 70.5 Å². The Morgan fingerprint density at radius 1 is 1.14 bits per heavy atom. The molecule has 5 atom stereocenters. The molecule has 1 aliphatic heterocycles. The molecule has 2 heterocycles. The van der Waals surface area contributed by atoms with Crippen molar-refractivity contribution in [1.82, 2.24) is 5.32 Å². The molecule has 1 amide bonds. The molecule has 3 saturated carbocycles. The van der Waals surface area contributed by atoms with E-state index in [9.17, 15) is 4.79 Å². The summed E-state index contributed by atoms with van der Waals surface area (Å²) in [4.78, 5) is 13.1. The predicted molar refractivity (Wildman–Crippen MR) is 141 cm³/mol. The van der Waals surface area contributed by atoms with Crippen molar-refractivity contribution in [2.24, 2.45) is 17.3 Å². The molecular weight excluding hydrogens is 451 g/mol. The molecular formula is C29H35BN2O4. The SMILES string of the molecule is CC1(C)C2C[C@H]1CC1OB(C(Cc3coc4ccccc34)NC(=O)CCc3ccc(N)cc3)O[C@]12C. The topological polar surface area (TPSA) is 86.7 Å². The zero-order valence-electron chi connectivity index (χ0n) is 21.3. The highest BCUT2D eigenvalue weighted by Crippen LogP contribution is 2.65. The Morgan fingerprint density at radius 3 is 2.69 bits per heavy atom. The van der Waals surface area contributed by atoms with Gasteiger partial charge in [-0.3, -0.25) is 4.79 Å². The molecule has 0 spiro atoms. The molecule has 2 bridgehead atoms. The van der Waals surface area contributed by atoms with Crippen molar-refractivity contribution in [3.05, 3.63) is 65.9 Å². The summed E-state index contributed by atoms with van der Waals surface area (Å²) in [6, 6.07) is 15.7. The first kappa shape index (κ1) is 23.6.